The Balaban J connectivity index is 2.09. The second kappa shape index (κ2) is 7.24. The van der Waals surface area contributed by atoms with Gasteiger partial charge in [0.25, 0.3) is 0 Å². The molecule has 2 heteroatoms. The fourth-order valence-corrected chi connectivity index (χ4v) is 2.00. The second-order valence-corrected chi connectivity index (χ2v) is 4.80. The van der Waals surface area contributed by atoms with Crippen molar-refractivity contribution in [3.05, 3.63) is 0 Å². The first-order valence-electron chi connectivity index (χ1n) is 6.75. The molecule has 0 aromatic heterocycles. The van der Waals surface area contributed by atoms with Crippen LogP contribution in [0.4, 0.5) is 0 Å². The number of nitrogens with zero attached hydrogens (tertiary/aromatic N) is 1. The van der Waals surface area contributed by atoms with Crippen molar-refractivity contribution >= 4 is 0 Å². The van der Waals surface area contributed by atoms with Gasteiger partial charge in [0.05, 0.1) is 0 Å². The quantitative estimate of drug-likeness (QED) is 0.632. The van der Waals surface area contributed by atoms with Gasteiger partial charge < -0.3 is 10.2 Å². The third-order valence-electron chi connectivity index (χ3n) is 3.56. The summed E-state index contributed by atoms with van der Waals surface area (Å²) in [6.45, 7) is 11.8. The lowest BCUT2D eigenvalue weighted by Gasteiger charge is -2.25. The van der Waals surface area contributed by atoms with E-state index in [0.29, 0.717) is 0 Å². The van der Waals surface area contributed by atoms with Crippen LogP contribution >= 0.6 is 0 Å². The molecule has 0 radical (unpaired) electrons. The van der Waals surface area contributed by atoms with Crippen LogP contribution in [0.3, 0.4) is 0 Å². The molecule has 1 aliphatic carbocycles. The van der Waals surface area contributed by atoms with Crippen LogP contribution in [0.5, 0.6) is 0 Å². The Morgan fingerprint density at radius 3 is 2.33 bits per heavy atom. The summed E-state index contributed by atoms with van der Waals surface area (Å²) >= 11 is 0. The monoisotopic (exact) mass is 212 g/mol. The SMILES string of the molecule is CCC(CC)CN(CC)CCNC1CC1. The number of rotatable bonds is 9. The number of hydrogen-bond donors (Lipinski definition) is 1. The first-order valence-corrected chi connectivity index (χ1v) is 6.75. The van der Waals surface area contributed by atoms with E-state index < -0.39 is 0 Å². The summed E-state index contributed by atoms with van der Waals surface area (Å²) in [6, 6.07) is 0.858. The molecule has 2 nitrogen and oxygen atoms in total. The Morgan fingerprint density at radius 1 is 1.20 bits per heavy atom. The van der Waals surface area contributed by atoms with E-state index in [-0.39, 0.29) is 0 Å². The average Bonchev–Trinajstić information content (AvgIpc) is 3.07. The molecule has 1 rings (SSSR count). The van der Waals surface area contributed by atoms with Gasteiger partial charge in [-0.3, -0.25) is 0 Å². The maximum absolute atomic E-state index is 3.59. The smallest absolute Gasteiger partial charge is 0.0107 e. The highest BCUT2D eigenvalue weighted by Gasteiger charge is 2.20. The summed E-state index contributed by atoms with van der Waals surface area (Å²) in [6.07, 6.45) is 5.45. The van der Waals surface area contributed by atoms with Gasteiger partial charge in [-0.1, -0.05) is 33.6 Å². The Kier molecular flexibility index (Phi) is 6.26. The lowest BCUT2D eigenvalue weighted by Crippen LogP contribution is -2.35. The van der Waals surface area contributed by atoms with Crippen molar-refractivity contribution in [1.29, 1.82) is 0 Å². The van der Waals surface area contributed by atoms with Gasteiger partial charge in [-0.25, -0.2) is 0 Å². The predicted octanol–water partition coefficient (Wildman–Crippen LogP) is 2.50. The van der Waals surface area contributed by atoms with Gasteiger partial charge in [0.15, 0.2) is 0 Å². The van der Waals surface area contributed by atoms with Crippen LogP contribution in [0, 0.1) is 5.92 Å². The molecule has 15 heavy (non-hydrogen) atoms. The zero-order chi connectivity index (χ0) is 11.1. The highest BCUT2D eigenvalue weighted by molar-refractivity contribution is 4.81. The summed E-state index contributed by atoms with van der Waals surface area (Å²) in [4.78, 5) is 2.59. The van der Waals surface area contributed by atoms with E-state index in [0.717, 1.165) is 12.0 Å². The summed E-state index contributed by atoms with van der Waals surface area (Å²) < 4.78 is 0. The van der Waals surface area contributed by atoms with Gasteiger partial charge in [-0.15, -0.1) is 0 Å². The maximum Gasteiger partial charge on any atom is 0.0107 e. The molecule has 0 bridgehead atoms. The molecule has 0 aromatic carbocycles. The van der Waals surface area contributed by atoms with Gasteiger partial charge in [0.1, 0.15) is 0 Å². The van der Waals surface area contributed by atoms with E-state index in [9.17, 15) is 0 Å². The highest BCUT2D eigenvalue weighted by Crippen LogP contribution is 2.18. The first-order chi connectivity index (χ1) is 7.30. The van der Waals surface area contributed by atoms with Gasteiger partial charge in [0, 0.05) is 25.7 Å². The van der Waals surface area contributed by atoms with E-state index in [1.807, 2.05) is 0 Å². The number of nitrogens with one attached hydrogen (secondary N) is 1. The predicted molar refractivity (Wildman–Crippen MR) is 67.2 cm³/mol. The van der Waals surface area contributed by atoms with Crippen LogP contribution in [0.25, 0.3) is 0 Å². The molecule has 0 spiro atoms. The maximum atomic E-state index is 3.59. The van der Waals surface area contributed by atoms with Gasteiger partial charge in [0.2, 0.25) is 0 Å². The van der Waals surface area contributed by atoms with E-state index >= 15 is 0 Å². The number of hydrogen-bond acceptors (Lipinski definition) is 2. The highest BCUT2D eigenvalue weighted by atomic mass is 15.1. The molecule has 1 N–H and O–H groups in total. The fraction of sp³-hybridized carbons (Fsp3) is 1.00. The van der Waals surface area contributed by atoms with Crippen molar-refractivity contribution in [3.63, 3.8) is 0 Å². The molecule has 0 atom stereocenters. The minimum atomic E-state index is 0.858. The van der Waals surface area contributed by atoms with Crippen LogP contribution in [-0.2, 0) is 0 Å². The van der Waals surface area contributed by atoms with Crippen LogP contribution < -0.4 is 5.32 Å². The number of likely N-dealkylation sites (N-methyl/N-ethyl adjacent to an activating group) is 1. The molecule has 0 amide bonds. The van der Waals surface area contributed by atoms with Crippen LogP contribution in [0.15, 0.2) is 0 Å². The van der Waals surface area contributed by atoms with Crippen LogP contribution in [-0.4, -0.2) is 37.1 Å². The molecule has 1 aliphatic rings. The fourth-order valence-electron chi connectivity index (χ4n) is 2.00. The molecule has 0 aliphatic heterocycles. The van der Waals surface area contributed by atoms with Gasteiger partial charge >= 0.3 is 0 Å². The average molecular weight is 212 g/mol. The van der Waals surface area contributed by atoms with Crippen molar-refractivity contribution in [1.82, 2.24) is 10.2 Å². The summed E-state index contributed by atoms with van der Waals surface area (Å²) in [5.41, 5.74) is 0. The Hall–Kier alpha value is -0.0800. The largest absolute Gasteiger partial charge is 0.313 e. The minimum absolute atomic E-state index is 0.858. The molecule has 0 aromatic rings. The Bertz CT molecular complexity index is 151. The zero-order valence-electron chi connectivity index (χ0n) is 10.8. The normalized spacial score (nSPS) is 16.6. The van der Waals surface area contributed by atoms with Gasteiger partial charge in [-0.05, 0) is 25.3 Å². The van der Waals surface area contributed by atoms with Crippen LogP contribution in [0.2, 0.25) is 0 Å². The van der Waals surface area contributed by atoms with Crippen molar-refractivity contribution in [2.75, 3.05) is 26.2 Å². The first kappa shape index (κ1) is 13.0. The summed E-state index contributed by atoms with van der Waals surface area (Å²) in [7, 11) is 0. The summed E-state index contributed by atoms with van der Waals surface area (Å²) in [5, 5.41) is 3.59. The Labute approximate surface area is 95.4 Å². The molecular formula is C13H28N2. The lowest BCUT2D eigenvalue weighted by molar-refractivity contribution is 0.233. The van der Waals surface area contributed by atoms with Crippen molar-refractivity contribution in [3.8, 4) is 0 Å². The second-order valence-electron chi connectivity index (χ2n) is 4.80. The topological polar surface area (TPSA) is 15.3 Å². The van der Waals surface area contributed by atoms with Crippen molar-refractivity contribution in [2.24, 2.45) is 5.92 Å². The van der Waals surface area contributed by atoms with E-state index in [1.165, 1.54) is 51.9 Å². The minimum Gasteiger partial charge on any atom is -0.313 e. The molecule has 0 saturated heterocycles. The van der Waals surface area contributed by atoms with Gasteiger partial charge in [-0.2, -0.15) is 0 Å². The third-order valence-corrected chi connectivity index (χ3v) is 3.56. The van der Waals surface area contributed by atoms with E-state index in [4.69, 9.17) is 0 Å². The molecule has 1 saturated carbocycles. The van der Waals surface area contributed by atoms with E-state index in [2.05, 4.69) is 31.0 Å². The van der Waals surface area contributed by atoms with Crippen molar-refractivity contribution in [2.45, 2.75) is 52.5 Å². The zero-order valence-corrected chi connectivity index (χ0v) is 10.8. The molecule has 90 valence electrons. The summed E-state index contributed by atoms with van der Waals surface area (Å²) in [5.74, 6) is 0.894. The molecule has 0 unspecified atom stereocenters. The van der Waals surface area contributed by atoms with Crippen molar-refractivity contribution < 1.29 is 0 Å². The van der Waals surface area contributed by atoms with E-state index in [1.54, 1.807) is 0 Å². The lowest BCUT2D eigenvalue weighted by atomic mass is 10.0. The molecule has 1 fully saturated rings. The molecule has 0 heterocycles. The molecular weight excluding hydrogens is 184 g/mol. The third kappa shape index (κ3) is 5.53. The van der Waals surface area contributed by atoms with Crippen LogP contribution in [0.1, 0.15) is 46.5 Å². The Morgan fingerprint density at radius 2 is 1.87 bits per heavy atom. The standard InChI is InChI=1S/C13H28N2/c1-4-12(5-2)11-15(6-3)10-9-14-13-7-8-13/h12-14H,4-11H2,1-3H3.